The average molecular weight is 207 g/mol. The summed E-state index contributed by atoms with van der Waals surface area (Å²) in [6.45, 7) is 7.76. The molecule has 0 amide bonds. The zero-order valence-electron chi connectivity index (χ0n) is 8.13. The van der Waals surface area contributed by atoms with Gasteiger partial charge >= 0.3 is 0 Å². The Morgan fingerprint density at radius 3 is 2.33 bits per heavy atom. The van der Waals surface area contributed by atoms with Gasteiger partial charge in [0.1, 0.15) is 4.32 Å². The molecule has 0 aliphatic carbocycles. The van der Waals surface area contributed by atoms with E-state index >= 15 is 0 Å². The third-order valence-electron chi connectivity index (χ3n) is 1.78. The number of methoxy groups -OCH3 is 1. The zero-order chi connectivity index (χ0) is 9.78. The molecule has 0 radical (unpaired) electrons. The fraction of sp³-hybridized carbons (Fsp3) is 0.875. The Bertz CT molecular complexity index is 159. The summed E-state index contributed by atoms with van der Waals surface area (Å²) in [6.07, 6.45) is 0. The lowest BCUT2D eigenvalue weighted by atomic mass is 10.1. The molecule has 0 aromatic heterocycles. The molecular weight excluding hydrogens is 190 g/mol. The number of ether oxygens (including phenoxy) is 1. The van der Waals surface area contributed by atoms with Gasteiger partial charge in [0.2, 0.25) is 0 Å². The smallest absolute Gasteiger partial charge is 0.133 e. The molecule has 0 atom stereocenters. The lowest BCUT2D eigenvalue weighted by Gasteiger charge is -2.31. The number of thiol groups is 1. The Balaban J connectivity index is 4.11. The fourth-order valence-electron chi connectivity index (χ4n) is 0.839. The predicted molar refractivity (Wildman–Crippen MR) is 59.9 cm³/mol. The molecule has 4 heteroatoms. The predicted octanol–water partition coefficient (Wildman–Crippen LogP) is 1.95. The summed E-state index contributed by atoms with van der Waals surface area (Å²) in [5.41, 5.74) is -0.164. The zero-order valence-corrected chi connectivity index (χ0v) is 9.84. The highest BCUT2D eigenvalue weighted by atomic mass is 32.1. The summed E-state index contributed by atoms with van der Waals surface area (Å²) in [5, 5.41) is 0. The Morgan fingerprint density at radius 2 is 2.08 bits per heavy atom. The summed E-state index contributed by atoms with van der Waals surface area (Å²) >= 11 is 9.09. The first kappa shape index (κ1) is 12.2. The highest BCUT2D eigenvalue weighted by molar-refractivity contribution is 8.10. The number of hydrogen-bond acceptors (Lipinski definition) is 2. The average Bonchev–Trinajstić information content (AvgIpc) is 2.00. The van der Waals surface area contributed by atoms with Crippen LogP contribution in [0.2, 0.25) is 0 Å². The summed E-state index contributed by atoms with van der Waals surface area (Å²) in [5.74, 6) is 0. The van der Waals surface area contributed by atoms with Crippen molar-refractivity contribution in [3.05, 3.63) is 0 Å². The van der Waals surface area contributed by atoms with E-state index in [0.717, 1.165) is 13.1 Å². The maximum Gasteiger partial charge on any atom is 0.133 e. The first-order valence-corrected chi connectivity index (χ1v) is 4.81. The van der Waals surface area contributed by atoms with E-state index in [-0.39, 0.29) is 5.60 Å². The van der Waals surface area contributed by atoms with Crippen molar-refractivity contribution in [1.29, 1.82) is 0 Å². The highest BCUT2D eigenvalue weighted by Gasteiger charge is 2.20. The summed E-state index contributed by atoms with van der Waals surface area (Å²) < 4.78 is 5.91. The lowest BCUT2D eigenvalue weighted by Crippen LogP contribution is -2.41. The molecule has 0 aromatic rings. The minimum atomic E-state index is -0.164. The van der Waals surface area contributed by atoms with Crippen LogP contribution in [0.25, 0.3) is 0 Å². The molecule has 0 N–H and O–H groups in total. The second kappa shape index (κ2) is 5.04. The van der Waals surface area contributed by atoms with Crippen molar-refractivity contribution in [2.45, 2.75) is 26.4 Å². The summed E-state index contributed by atoms with van der Waals surface area (Å²) in [6, 6.07) is 0. The minimum absolute atomic E-state index is 0.164. The van der Waals surface area contributed by atoms with Gasteiger partial charge in [-0.3, -0.25) is 0 Å². The number of nitrogens with zero attached hydrogens (tertiary/aromatic N) is 1. The molecule has 0 aliphatic heterocycles. The van der Waals surface area contributed by atoms with Gasteiger partial charge in [0.25, 0.3) is 0 Å². The Labute approximate surface area is 85.7 Å². The van der Waals surface area contributed by atoms with E-state index < -0.39 is 0 Å². The number of rotatable bonds is 4. The topological polar surface area (TPSA) is 12.5 Å². The van der Waals surface area contributed by atoms with Crippen molar-refractivity contribution in [2.24, 2.45) is 0 Å². The third-order valence-corrected chi connectivity index (χ3v) is 2.32. The molecule has 2 nitrogen and oxygen atoms in total. The van der Waals surface area contributed by atoms with E-state index in [1.807, 2.05) is 25.7 Å². The number of likely N-dealkylation sites (N-methyl/N-ethyl adjacent to an activating group) is 1. The van der Waals surface area contributed by atoms with Gasteiger partial charge in [-0.25, -0.2) is 0 Å². The van der Waals surface area contributed by atoms with Gasteiger partial charge < -0.3 is 9.64 Å². The molecule has 0 fully saturated rings. The fourth-order valence-corrected chi connectivity index (χ4v) is 1.24. The SMILES string of the molecule is CCN(CC(C)(C)OC)C(=S)S. The molecule has 0 unspecified atom stereocenters. The highest BCUT2D eigenvalue weighted by Crippen LogP contribution is 2.11. The molecule has 0 aromatic carbocycles. The van der Waals surface area contributed by atoms with Crippen LogP contribution < -0.4 is 0 Å². The lowest BCUT2D eigenvalue weighted by molar-refractivity contribution is 0.00773. The summed E-state index contributed by atoms with van der Waals surface area (Å²) in [7, 11) is 1.70. The van der Waals surface area contributed by atoms with E-state index in [1.165, 1.54) is 0 Å². The third kappa shape index (κ3) is 4.28. The van der Waals surface area contributed by atoms with Gasteiger partial charge in [0, 0.05) is 20.2 Å². The van der Waals surface area contributed by atoms with Crippen LogP contribution in [0.1, 0.15) is 20.8 Å². The Hall–Kier alpha value is 0.200. The van der Waals surface area contributed by atoms with Crippen LogP contribution in [0.15, 0.2) is 0 Å². The number of hydrogen-bond donors (Lipinski definition) is 1. The van der Waals surface area contributed by atoms with Crippen molar-refractivity contribution in [3.63, 3.8) is 0 Å². The van der Waals surface area contributed by atoms with Gasteiger partial charge in [0.15, 0.2) is 0 Å². The van der Waals surface area contributed by atoms with E-state index in [9.17, 15) is 0 Å². The standard InChI is InChI=1S/C8H17NOS2/c1-5-9(7(11)12)6-8(2,3)10-4/h5-6H2,1-4H3,(H,11,12). The van der Waals surface area contributed by atoms with E-state index in [4.69, 9.17) is 17.0 Å². The molecule has 0 saturated carbocycles. The first-order chi connectivity index (χ1) is 5.43. The van der Waals surface area contributed by atoms with Crippen LogP contribution in [-0.2, 0) is 4.74 Å². The van der Waals surface area contributed by atoms with Crippen molar-refractivity contribution < 1.29 is 4.74 Å². The van der Waals surface area contributed by atoms with Gasteiger partial charge in [-0.1, -0.05) is 12.2 Å². The van der Waals surface area contributed by atoms with Crippen molar-refractivity contribution in [1.82, 2.24) is 4.90 Å². The second-order valence-electron chi connectivity index (χ2n) is 3.26. The molecule has 72 valence electrons. The molecular formula is C8H17NOS2. The van der Waals surface area contributed by atoms with Gasteiger partial charge in [-0.2, -0.15) is 0 Å². The quantitative estimate of drug-likeness (QED) is 0.559. The molecule has 0 aliphatic rings. The number of thiocarbonyl (C=S) groups is 1. The maximum atomic E-state index is 5.28. The second-order valence-corrected chi connectivity index (χ2v) is 4.37. The minimum Gasteiger partial charge on any atom is -0.377 e. The molecule has 0 heterocycles. The van der Waals surface area contributed by atoms with E-state index in [0.29, 0.717) is 4.32 Å². The van der Waals surface area contributed by atoms with Crippen LogP contribution in [0.4, 0.5) is 0 Å². The van der Waals surface area contributed by atoms with E-state index in [2.05, 4.69) is 12.6 Å². The van der Waals surface area contributed by atoms with Crippen LogP contribution in [-0.4, -0.2) is 35.0 Å². The van der Waals surface area contributed by atoms with E-state index in [1.54, 1.807) is 7.11 Å². The van der Waals surface area contributed by atoms with Gasteiger partial charge in [0.05, 0.1) is 5.60 Å². The van der Waals surface area contributed by atoms with Gasteiger partial charge in [-0.15, -0.1) is 12.6 Å². The molecule has 0 saturated heterocycles. The largest absolute Gasteiger partial charge is 0.377 e. The Morgan fingerprint density at radius 1 is 1.58 bits per heavy atom. The van der Waals surface area contributed by atoms with Crippen molar-refractivity contribution in [2.75, 3.05) is 20.2 Å². The van der Waals surface area contributed by atoms with Crippen LogP contribution in [0.3, 0.4) is 0 Å². The van der Waals surface area contributed by atoms with Crippen LogP contribution in [0.5, 0.6) is 0 Å². The van der Waals surface area contributed by atoms with Crippen LogP contribution >= 0.6 is 24.8 Å². The Kier molecular flexibility index (Phi) is 5.13. The monoisotopic (exact) mass is 207 g/mol. The normalized spacial score (nSPS) is 11.4. The first-order valence-electron chi connectivity index (χ1n) is 3.96. The molecule has 0 rings (SSSR count). The van der Waals surface area contributed by atoms with Gasteiger partial charge in [-0.05, 0) is 20.8 Å². The molecule has 0 bridgehead atoms. The maximum absolute atomic E-state index is 5.28. The van der Waals surface area contributed by atoms with Crippen LogP contribution in [0, 0.1) is 0 Å². The van der Waals surface area contributed by atoms with Crippen molar-refractivity contribution in [3.8, 4) is 0 Å². The molecule has 12 heavy (non-hydrogen) atoms. The summed E-state index contributed by atoms with van der Waals surface area (Å²) in [4.78, 5) is 2.00. The van der Waals surface area contributed by atoms with Crippen molar-refractivity contribution >= 4 is 29.2 Å². The molecule has 0 spiro atoms.